The number of fused-ring (bicyclic) bond motifs is 3. The van der Waals surface area contributed by atoms with Crippen molar-refractivity contribution in [2.45, 2.75) is 140 Å². The maximum atomic E-state index is 10.1. The van der Waals surface area contributed by atoms with E-state index in [1.54, 1.807) is 66.7 Å². The van der Waals surface area contributed by atoms with E-state index in [2.05, 4.69) is 33.2 Å². The van der Waals surface area contributed by atoms with Crippen LogP contribution in [-0.2, 0) is 58.3 Å². The number of pyridine rings is 3. The van der Waals surface area contributed by atoms with Gasteiger partial charge in [0.25, 0.3) is 0 Å². The van der Waals surface area contributed by atoms with Gasteiger partial charge in [-0.1, -0.05) is 91.9 Å². The van der Waals surface area contributed by atoms with Crippen molar-refractivity contribution < 1.29 is 50.6 Å². The average molecular weight is 1160 g/mol. The van der Waals surface area contributed by atoms with Crippen LogP contribution in [0.4, 0.5) is 0 Å². The topological polar surface area (TPSA) is 75.6 Å². The minimum absolute atomic E-state index is 0. The molecule has 12 rings (SSSR count). The van der Waals surface area contributed by atoms with Gasteiger partial charge >= 0.3 is 20.1 Å². The fourth-order valence-electron chi connectivity index (χ4n) is 10.6. The van der Waals surface area contributed by atoms with Crippen LogP contribution in [0.5, 0.6) is 0 Å². The molecule has 0 unspecified atom stereocenters. The molecular weight excluding hydrogens is 1080 g/mol. The molecule has 6 heteroatoms. The predicted octanol–water partition coefficient (Wildman–Crippen LogP) is 16.7. The Morgan fingerprint density at radius 2 is 1.04 bits per heavy atom. The summed E-state index contributed by atoms with van der Waals surface area (Å²) in [6.45, 7) is -2.88. The van der Waals surface area contributed by atoms with Crippen LogP contribution in [0.1, 0.15) is 182 Å². The zero-order valence-corrected chi connectivity index (χ0v) is 43.0. The normalized spacial score (nSPS) is 21.7. The molecular formula is C68H63IrN4O. The summed E-state index contributed by atoms with van der Waals surface area (Å²) in [5.74, 6) is -4.39. The second-order valence-corrected chi connectivity index (χ2v) is 19.0. The second-order valence-electron chi connectivity index (χ2n) is 19.0. The summed E-state index contributed by atoms with van der Waals surface area (Å²) in [7, 11) is 0. The van der Waals surface area contributed by atoms with E-state index in [-0.39, 0.29) is 94.6 Å². The third-order valence-electron chi connectivity index (χ3n) is 14.3. The summed E-state index contributed by atoms with van der Waals surface area (Å²) in [6.07, 6.45) is -11.1. The zero-order chi connectivity index (χ0) is 66.0. The van der Waals surface area contributed by atoms with Crippen molar-refractivity contribution >= 4 is 21.9 Å². The molecule has 4 heterocycles. The number of aryl methyl sites for hydroxylation is 7. The Bertz CT molecular complexity index is 4240. The van der Waals surface area contributed by atoms with Crippen molar-refractivity contribution in [3.05, 3.63) is 207 Å². The molecule has 370 valence electrons. The molecule has 0 radical (unpaired) electrons. The average Bonchev–Trinajstić information content (AvgIpc) is 1.43. The molecule has 3 aliphatic rings. The van der Waals surface area contributed by atoms with Gasteiger partial charge in [-0.25, -0.2) is 0 Å². The van der Waals surface area contributed by atoms with Crippen molar-refractivity contribution in [3.63, 3.8) is 0 Å². The molecule has 0 atom stereocenters. The molecule has 9 aromatic rings. The number of hydrogen-bond acceptors (Lipinski definition) is 5. The van der Waals surface area contributed by atoms with Crippen LogP contribution < -0.4 is 0 Å². The number of nitriles is 1. The van der Waals surface area contributed by atoms with Gasteiger partial charge in [0.15, 0.2) is 0 Å². The van der Waals surface area contributed by atoms with E-state index in [1.807, 2.05) is 6.07 Å². The molecule has 0 aliphatic heterocycles. The molecule has 3 fully saturated rings. The number of hydrogen-bond donors (Lipinski definition) is 0. The van der Waals surface area contributed by atoms with Gasteiger partial charge in [0.05, 0.1) is 18.6 Å². The Labute approximate surface area is 478 Å². The number of furan rings is 1. The molecule has 4 aromatic heterocycles. The van der Waals surface area contributed by atoms with Gasteiger partial charge in [0, 0.05) is 54.2 Å². The van der Waals surface area contributed by atoms with Crippen LogP contribution in [0.3, 0.4) is 0 Å². The van der Waals surface area contributed by atoms with Gasteiger partial charge < -0.3 is 19.4 Å². The summed E-state index contributed by atoms with van der Waals surface area (Å²) in [5, 5.41) is 10.6. The van der Waals surface area contributed by atoms with Crippen molar-refractivity contribution in [1.82, 2.24) is 15.0 Å². The zero-order valence-electron chi connectivity index (χ0n) is 59.6. The first kappa shape index (κ1) is 32.0. The third-order valence-corrected chi connectivity index (χ3v) is 14.3. The first-order valence-electron chi connectivity index (χ1n) is 34.7. The summed E-state index contributed by atoms with van der Waals surface area (Å²) in [6, 6.07) is 36.5. The Hall–Kier alpha value is -6.51. The maximum Gasteiger partial charge on any atom is 3.00 e. The predicted molar refractivity (Wildman–Crippen MR) is 295 cm³/mol. The number of rotatable bonds is 15. The van der Waals surface area contributed by atoms with Crippen LogP contribution in [0, 0.1) is 36.4 Å². The van der Waals surface area contributed by atoms with E-state index < -0.39 is 96.2 Å². The first-order valence-corrected chi connectivity index (χ1v) is 25.2. The van der Waals surface area contributed by atoms with Crippen molar-refractivity contribution in [1.29, 1.82) is 5.26 Å². The van der Waals surface area contributed by atoms with E-state index >= 15 is 0 Å². The molecule has 0 amide bonds. The SMILES string of the molecule is [2H]c1cc2c(oc3c(-c4cc(C5([2H])CCCC5)c(C([2H])([2H])C([2H])([2H])c5cc(C([2H])([2H])C([2H])([2H])c6cnc(-c7[c-]cccc7)cc6C6([2H])CCCC6)cc(C([2H])([2H])C([2H])([2H])c6cnc(-c7[c-]cccc7)cc6C6([2H])CCCC6)c5)cn4)[c-]ccc32)c(C([2H])([2H])[2H])c1C#N.[Ir+3]. The molecule has 5 nitrogen and oxygen atoms in total. The smallest absolute Gasteiger partial charge is 0.500 e. The Morgan fingerprint density at radius 3 is 1.49 bits per heavy atom. The van der Waals surface area contributed by atoms with E-state index in [0.717, 1.165) is 24.4 Å². The Kier molecular flexibility index (Phi) is 9.76. The van der Waals surface area contributed by atoms with Crippen LogP contribution in [0.25, 0.3) is 55.7 Å². The molecule has 74 heavy (non-hydrogen) atoms. The largest absolute Gasteiger partial charge is 3.00 e. The molecule has 5 aromatic carbocycles. The monoisotopic (exact) mass is 1160 g/mol. The second kappa shape index (κ2) is 22.5. The number of benzene rings is 5. The van der Waals surface area contributed by atoms with Gasteiger partial charge in [-0.05, 0) is 174 Å². The maximum absolute atomic E-state index is 10.1. The molecule has 3 saturated carbocycles. The minimum atomic E-state index is -3.40. The van der Waals surface area contributed by atoms with Gasteiger partial charge in [-0.2, -0.15) is 5.26 Å². The fourth-order valence-corrected chi connectivity index (χ4v) is 10.6. The quantitative estimate of drug-likeness (QED) is 0.0956. The van der Waals surface area contributed by atoms with Gasteiger partial charge in [0.2, 0.25) is 0 Å². The summed E-state index contributed by atoms with van der Waals surface area (Å²) >= 11 is 0. The van der Waals surface area contributed by atoms with E-state index in [9.17, 15) is 25.8 Å². The van der Waals surface area contributed by atoms with Crippen LogP contribution in [-0.4, -0.2) is 15.0 Å². The molecule has 3 aliphatic carbocycles. The van der Waals surface area contributed by atoms with Crippen molar-refractivity contribution in [3.8, 4) is 39.8 Å². The summed E-state index contributed by atoms with van der Waals surface area (Å²) in [5.41, 5.74) is -1.87. The third kappa shape index (κ3) is 10.4. The summed E-state index contributed by atoms with van der Waals surface area (Å²) in [4.78, 5) is 13.9. The van der Waals surface area contributed by atoms with Gasteiger partial charge in [-0.15, -0.1) is 90.0 Å². The summed E-state index contributed by atoms with van der Waals surface area (Å²) < 4.78 is 190. The Morgan fingerprint density at radius 1 is 0.581 bits per heavy atom. The van der Waals surface area contributed by atoms with E-state index in [1.165, 1.54) is 30.6 Å². The van der Waals surface area contributed by atoms with E-state index in [4.69, 9.17) is 9.90 Å². The molecule has 0 N–H and O–H groups in total. The van der Waals surface area contributed by atoms with Crippen LogP contribution in [0.15, 0.2) is 132 Å². The van der Waals surface area contributed by atoms with Crippen molar-refractivity contribution in [2.75, 3.05) is 0 Å². The van der Waals surface area contributed by atoms with Crippen LogP contribution >= 0.6 is 0 Å². The standard InChI is InChI=1S/C68H63N4O.Ir/c1-45-54(41-69)33-34-59-58-25-14-26-60(68(58)73-67(45)59)66-40-63(51-19-12-13-20-51)57(44-72-66)32-29-48-36-46(27-30-55-42-70-64(52-21-4-2-5-22-52)38-61(55)49-15-8-9-16-49)35-47(37-48)28-31-56-43-71-65(53-23-6-3-7-24-53)39-62(56)50-17-10-11-18-50;/h2-7,14,21,23,25,33-40,42-44,49-51H,8-13,15-20,27-32H2,1H3;/q-3;+3/i1D3,27D2,28D2,29D2,30D2,31D2,32D2,33D,49D,50D,51D;. The number of aromatic nitrogens is 3. The fraction of sp³-hybridized carbons (Fsp3) is 0.324. The van der Waals surface area contributed by atoms with Gasteiger partial charge in [-0.3, -0.25) is 0 Å². The first-order chi connectivity index (χ1) is 43.2. The molecule has 0 bridgehead atoms. The van der Waals surface area contributed by atoms with Gasteiger partial charge in [0.1, 0.15) is 5.58 Å². The van der Waals surface area contributed by atoms with Crippen LogP contribution in [0.2, 0.25) is 0 Å². The minimum Gasteiger partial charge on any atom is -0.500 e. The van der Waals surface area contributed by atoms with E-state index in [0.29, 0.717) is 92.1 Å². The Balaban J connectivity index is 0.00000884. The van der Waals surface area contributed by atoms with Crippen molar-refractivity contribution in [2.24, 2.45) is 0 Å². The molecule has 0 saturated heterocycles. The number of nitrogens with zero attached hydrogens (tertiary/aromatic N) is 4. The molecule has 0 spiro atoms.